The van der Waals surface area contributed by atoms with E-state index in [0.717, 1.165) is 81.2 Å². The molecule has 0 radical (unpaired) electrons. The smallest absolute Gasteiger partial charge is 0.263 e. The Morgan fingerprint density at radius 3 is 2.75 bits per heavy atom. The molecule has 2 aromatic carbocycles. The standard InChI is InChI=1S/C42H57ClN4O3S/c1-3-8-40-29(2)9-6-12-37(46-22-21-45-20-5-4-11-34(45)26-46)35-16-13-32(35)25-47-27-42(19-7-10-30-23-33(43)15-17-36(30)42)28-50-39-18-14-31(24-38(39)47)41(48)44-51(40)49/h6,12,14-15,17-18,23-24,29,32,34-35,37,40H,3-5,7-11,13,16,19-22,25-28H2,1-2H3,(H,44,48)/b12-6+. The molecule has 3 fully saturated rings. The number of piperidine rings is 1. The second-order valence-corrected chi connectivity index (χ2v) is 18.5. The molecule has 2 aromatic rings. The Kier molecular flexibility index (Phi) is 10.6. The van der Waals surface area contributed by atoms with Gasteiger partial charge in [0, 0.05) is 60.8 Å². The van der Waals surface area contributed by atoms with Gasteiger partial charge < -0.3 is 9.64 Å². The van der Waals surface area contributed by atoms with Crippen molar-refractivity contribution in [1.29, 1.82) is 0 Å². The van der Waals surface area contributed by atoms with Crippen LogP contribution in [0.25, 0.3) is 0 Å². The summed E-state index contributed by atoms with van der Waals surface area (Å²) in [6, 6.07) is 13.4. The maximum absolute atomic E-state index is 13.9. The van der Waals surface area contributed by atoms with E-state index < -0.39 is 11.0 Å². The Balaban J connectivity index is 1.17. The lowest BCUT2D eigenvalue weighted by molar-refractivity contribution is -0.00159. The normalized spacial score (nSPS) is 35.3. The molecular formula is C42H57ClN4O3S. The van der Waals surface area contributed by atoms with Crippen molar-refractivity contribution in [3.05, 3.63) is 70.3 Å². The van der Waals surface area contributed by atoms with Gasteiger partial charge in [0.2, 0.25) is 0 Å². The summed E-state index contributed by atoms with van der Waals surface area (Å²) in [5.74, 6) is 1.89. The average Bonchev–Trinajstić information content (AvgIpc) is 3.27. The first kappa shape index (κ1) is 35.6. The van der Waals surface area contributed by atoms with Gasteiger partial charge in [-0.1, -0.05) is 56.5 Å². The number of nitrogens with zero attached hydrogens (tertiary/aromatic N) is 3. The van der Waals surface area contributed by atoms with Crippen LogP contribution in [0.5, 0.6) is 5.75 Å². The summed E-state index contributed by atoms with van der Waals surface area (Å²) in [6.07, 6.45) is 17.2. The lowest BCUT2D eigenvalue weighted by atomic mass is 9.67. The van der Waals surface area contributed by atoms with Crippen molar-refractivity contribution in [1.82, 2.24) is 14.5 Å². The Hall–Kier alpha value is -2.39. The molecule has 7 nitrogen and oxygen atoms in total. The van der Waals surface area contributed by atoms with Gasteiger partial charge in [0.1, 0.15) is 16.7 Å². The quantitative estimate of drug-likeness (QED) is 0.329. The SMILES string of the molecule is CCCC1C(C)C/C=C/C(N2CCN3CCCCC3C2)C2CCC2CN2CC3(CCCc4cc(Cl)ccc43)COc3ccc(cc32)C(=O)NS1=O. The molecule has 4 aliphatic heterocycles. The van der Waals surface area contributed by atoms with Crippen molar-refractivity contribution in [2.45, 2.75) is 107 Å². The molecule has 6 aliphatic rings. The molecule has 2 saturated heterocycles. The maximum atomic E-state index is 13.9. The number of fused-ring (bicyclic) bond motifs is 5. The number of rotatable bonds is 3. The zero-order valence-electron chi connectivity index (χ0n) is 30.7. The predicted octanol–water partition coefficient (Wildman–Crippen LogP) is 7.54. The number of amides is 1. The number of halogens is 1. The van der Waals surface area contributed by atoms with E-state index in [1.54, 1.807) is 0 Å². The predicted molar refractivity (Wildman–Crippen MR) is 208 cm³/mol. The van der Waals surface area contributed by atoms with Crippen LogP contribution in [0, 0.1) is 17.8 Å². The second kappa shape index (κ2) is 15.2. The van der Waals surface area contributed by atoms with Gasteiger partial charge in [0.05, 0.1) is 17.5 Å². The summed E-state index contributed by atoms with van der Waals surface area (Å²) >= 11 is 6.53. The van der Waals surface area contributed by atoms with Crippen LogP contribution in [0.1, 0.15) is 99.5 Å². The number of carbonyl (C=O) groups excluding carboxylic acids is 1. The number of hydrogen-bond acceptors (Lipinski definition) is 6. The molecule has 276 valence electrons. The van der Waals surface area contributed by atoms with Crippen LogP contribution < -0.4 is 14.4 Å². The van der Waals surface area contributed by atoms with E-state index in [-0.39, 0.29) is 22.5 Å². The molecular weight excluding hydrogens is 676 g/mol. The molecule has 4 heterocycles. The monoisotopic (exact) mass is 732 g/mol. The molecule has 2 bridgehead atoms. The fraction of sp³-hybridized carbons (Fsp3) is 0.643. The Bertz CT molecular complexity index is 1650. The van der Waals surface area contributed by atoms with E-state index >= 15 is 0 Å². The number of ether oxygens (including phenoxy) is 1. The Morgan fingerprint density at radius 2 is 1.90 bits per heavy atom. The van der Waals surface area contributed by atoms with E-state index in [0.29, 0.717) is 36.1 Å². The van der Waals surface area contributed by atoms with Gasteiger partial charge in [-0.15, -0.1) is 0 Å². The van der Waals surface area contributed by atoms with E-state index in [9.17, 15) is 9.00 Å². The summed E-state index contributed by atoms with van der Waals surface area (Å²) in [4.78, 5) is 21.9. The maximum Gasteiger partial charge on any atom is 0.263 e. The van der Waals surface area contributed by atoms with Crippen molar-refractivity contribution in [2.24, 2.45) is 17.8 Å². The van der Waals surface area contributed by atoms with E-state index in [1.807, 2.05) is 24.3 Å². The third-order valence-electron chi connectivity index (χ3n) is 13.5. The van der Waals surface area contributed by atoms with Crippen LogP contribution in [0.4, 0.5) is 5.69 Å². The number of piperazine rings is 1. The van der Waals surface area contributed by atoms with Crippen LogP contribution in [0.15, 0.2) is 48.6 Å². The van der Waals surface area contributed by atoms with Crippen molar-refractivity contribution < 1.29 is 13.7 Å². The third-order valence-corrected chi connectivity index (χ3v) is 15.3. The van der Waals surface area contributed by atoms with Gasteiger partial charge in [0.25, 0.3) is 5.91 Å². The first-order chi connectivity index (χ1) is 24.8. The summed E-state index contributed by atoms with van der Waals surface area (Å²) in [5.41, 5.74) is 4.07. The number of anilines is 1. The molecule has 8 rings (SSSR count). The summed E-state index contributed by atoms with van der Waals surface area (Å²) in [5, 5.41) is 0.695. The largest absolute Gasteiger partial charge is 0.490 e. The van der Waals surface area contributed by atoms with E-state index in [1.165, 1.54) is 56.3 Å². The molecule has 8 unspecified atom stereocenters. The van der Waals surface area contributed by atoms with Crippen LogP contribution in [-0.2, 0) is 22.8 Å². The highest BCUT2D eigenvalue weighted by Gasteiger charge is 2.46. The number of nitrogens with one attached hydrogen (secondary N) is 1. The molecule has 1 N–H and O–H groups in total. The zero-order valence-corrected chi connectivity index (χ0v) is 32.2. The van der Waals surface area contributed by atoms with Gasteiger partial charge in [-0.25, -0.2) is 4.21 Å². The van der Waals surface area contributed by atoms with Gasteiger partial charge in [-0.05, 0) is 124 Å². The van der Waals surface area contributed by atoms with Crippen molar-refractivity contribution >= 4 is 34.2 Å². The minimum absolute atomic E-state index is 0.0995. The molecule has 0 aromatic heterocycles. The van der Waals surface area contributed by atoms with Crippen LogP contribution in [0.3, 0.4) is 0 Å². The molecule has 2 aliphatic carbocycles. The van der Waals surface area contributed by atoms with E-state index in [4.69, 9.17) is 16.3 Å². The van der Waals surface area contributed by atoms with Crippen LogP contribution in [-0.4, -0.2) is 83.1 Å². The topological polar surface area (TPSA) is 65.1 Å². The lowest BCUT2D eigenvalue weighted by Crippen LogP contribution is -2.60. The summed E-state index contributed by atoms with van der Waals surface area (Å²) < 4.78 is 23.6. The first-order valence-corrected chi connectivity index (χ1v) is 21.6. The molecule has 1 saturated carbocycles. The lowest BCUT2D eigenvalue weighted by Gasteiger charge is -2.52. The Morgan fingerprint density at radius 1 is 1.02 bits per heavy atom. The zero-order chi connectivity index (χ0) is 35.1. The highest BCUT2D eigenvalue weighted by Crippen LogP contribution is 2.47. The minimum Gasteiger partial charge on any atom is -0.490 e. The summed E-state index contributed by atoms with van der Waals surface area (Å²) in [6.45, 7) is 11.5. The van der Waals surface area contributed by atoms with Crippen LogP contribution >= 0.6 is 11.6 Å². The van der Waals surface area contributed by atoms with Crippen molar-refractivity contribution in [3.8, 4) is 5.75 Å². The average molecular weight is 733 g/mol. The first-order valence-electron chi connectivity index (χ1n) is 20.0. The fourth-order valence-electron chi connectivity index (χ4n) is 10.5. The van der Waals surface area contributed by atoms with Crippen LogP contribution in [0.2, 0.25) is 5.02 Å². The number of allylic oxidation sites excluding steroid dienone is 1. The Labute approximate surface area is 313 Å². The van der Waals surface area contributed by atoms with Crippen molar-refractivity contribution in [2.75, 3.05) is 50.8 Å². The summed E-state index contributed by atoms with van der Waals surface area (Å²) in [7, 11) is -1.49. The second-order valence-electron chi connectivity index (χ2n) is 16.7. The number of hydrogen-bond donors (Lipinski definition) is 1. The molecule has 1 spiro atoms. The molecule has 1 amide bonds. The van der Waals surface area contributed by atoms with Gasteiger partial charge in [-0.3, -0.25) is 19.3 Å². The molecule has 9 heteroatoms. The van der Waals surface area contributed by atoms with Gasteiger partial charge >= 0.3 is 0 Å². The van der Waals surface area contributed by atoms with Gasteiger partial charge in [0.15, 0.2) is 0 Å². The molecule has 51 heavy (non-hydrogen) atoms. The molecule has 8 atom stereocenters. The number of aryl methyl sites for hydroxylation is 1. The minimum atomic E-state index is -1.49. The van der Waals surface area contributed by atoms with Gasteiger partial charge in [-0.2, -0.15) is 0 Å². The number of carbonyl (C=O) groups is 1. The fourth-order valence-corrected chi connectivity index (χ4v) is 12.1. The third kappa shape index (κ3) is 7.16. The van der Waals surface area contributed by atoms with Crippen molar-refractivity contribution in [3.63, 3.8) is 0 Å². The number of benzene rings is 2. The highest BCUT2D eigenvalue weighted by atomic mass is 35.5. The van der Waals surface area contributed by atoms with E-state index in [2.05, 4.69) is 57.6 Å². The highest BCUT2D eigenvalue weighted by molar-refractivity contribution is 7.84.